The van der Waals surface area contributed by atoms with Gasteiger partial charge < -0.3 is 9.64 Å². The standard InChI is InChI=1S/C13H16Cl2N2O4/c1-4-21-13(18)7-16(8(2)3)11-5-9(14)10(15)6-12(11)17(19)20/h5-6,8H,4,7H2,1-3H3. The maximum Gasteiger partial charge on any atom is 0.325 e. The van der Waals surface area contributed by atoms with Gasteiger partial charge in [0, 0.05) is 12.1 Å². The molecular formula is C13H16Cl2N2O4. The summed E-state index contributed by atoms with van der Waals surface area (Å²) in [5.41, 5.74) is 0.0276. The van der Waals surface area contributed by atoms with Crippen molar-refractivity contribution in [2.75, 3.05) is 18.1 Å². The molecule has 1 rings (SSSR count). The molecule has 0 aliphatic heterocycles. The van der Waals surface area contributed by atoms with Crippen LogP contribution in [0.4, 0.5) is 11.4 Å². The third kappa shape index (κ3) is 4.47. The lowest BCUT2D eigenvalue weighted by Crippen LogP contribution is -2.37. The van der Waals surface area contributed by atoms with Crippen LogP contribution >= 0.6 is 23.2 Å². The number of ether oxygens (including phenoxy) is 1. The molecule has 0 spiro atoms. The fourth-order valence-electron chi connectivity index (χ4n) is 1.79. The maximum absolute atomic E-state index is 11.7. The largest absolute Gasteiger partial charge is 0.465 e. The van der Waals surface area contributed by atoms with Crippen LogP contribution in [0.25, 0.3) is 0 Å². The number of benzene rings is 1. The monoisotopic (exact) mass is 334 g/mol. The zero-order valence-corrected chi connectivity index (χ0v) is 13.4. The van der Waals surface area contributed by atoms with Gasteiger partial charge in [0.1, 0.15) is 12.2 Å². The number of carbonyl (C=O) groups is 1. The molecule has 0 bridgehead atoms. The first-order valence-electron chi connectivity index (χ1n) is 6.33. The minimum absolute atomic E-state index is 0.0898. The van der Waals surface area contributed by atoms with Gasteiger partial charge in [-0.3, -0.25) is 14.9 Å². The molecule has 0 fully saturated rings. The average Bonchev–Trinajstić information content (AvgIpc) is 2.38. The Labute approximate surface area is 132 Å². The summed E-state index contributed by atoms with van der Waals surface area (Å²) in [4.78, 5) is 23.9. The minimum atomic E-state index is -0.557. The normalized spacial score (nSPS) is 10.6. The van der Waals surface area contributed by atoms with E-state index in [1.54, 1.807) is 11.8 Å². The molecule has 0 unspecified atom stereocenters. The molecule has 0 N–H and O–H groups in total. The number of nitro benzene ring substituents is 1. The highest BCUT2D eigenvalue weighted by Gasteiger charge is 2.25. The van der Waals surface area contributed by atoms with Crippen molar-refractivity contribution in [3.63, 3.8) is 0 Å². The van der Waals surface area contributed by atoms with Crippen LogP contribution in [0.5, 0.6) is 0 Å². The van der Waals surface area contributed by atoms with E-state index in [1.165, 1.54) is 12.1 Å². The number of anilines is 1. The maximum atomic E-state index is 11.7. The quantitative estimate of drug-likeness (QED) is 0.450. The highest BCUT2D eigenvalue weighted by atomic mass is 35.5. The highest BCUT2D eigenvalue weighted by Crippen LogP contribution is 2.37. The van der Waals surface area contributed by atoms with E-state index in [2.05, 4.69) is 0 Å². The van der Waals surface area contributed by atoms with Gasteiger partial charge in [0.25, 0.3) is 5.69 Å². The van der Waals surface area contributed by atoms with Crippen LogP contribution in [0.2, 0.25) is 10.0 Å². The molecule has 0 radical (unpaired) electrons. The number of halogens is 2. The molecule has 0 aromatic heterocycles. The Morgan fingerprint density at radius 3 is 2.43 bits per heavy atom. The number of nitrogens with zero attached hydrogens (tertiary/aromatic N) is 2. The summed E-state index contributed by atoms with van der Waals surface area (Å²) in [6.45, 7) is 5.45. The number of carbonyl (C=O) groups excluding carboxylic acids is 1. The molecule has 6 nitrogen and oxygen atoms in total. The van der Waals surface area contributed by atoms with Gasteiger partial charge in [-0.1, -0.05) is 23.2 Å². The molecule has 0 aliphatic carbocycles. The van der Waals surface area contributed by atoms with E-state index in [0.29, 0.717) is 0 Å². The van der Waals surface area contributed by atoms with Crippen LogP contribution in [0.1, 0.15) is 20.8 Å². The third-order valence-corrected chi connectivity index (χ3v) is 3.47. The van der Waals surface area contributed by atoms with Crippen molar-refractivity contribution < 1.29 is 14.5 Å². The van der Waals surface area contributed by atoms with Crippen molar-refractivity contribution in [2.45, 2.75) is 26.8 Å². The predicted octanol–water partition coefficient (Wildman–Crippen LogP) is 3.68. The summed E-state index contributed by atoms with van der Waals surface area (Å²) >= 11 is 11.8. The van der Waals surface area contributed by atoms with Crippen LogP contribution < -0.4 is 4.90 Å². The van der Waals surface area contributed by atoms with E-state index >= 15 is 0 Å². The SMILES string of the molecule is CCOC(=O)CN(c1cc(Cl)c(Cl)cc1[N+](=O)[O-])C(C)C. The lowest BCUT2D eigenvalue weighted by atomic mass is 10.2. The lowest BCUT2D eigenvalue weighted by molar-refractivity contribution is -0.384. The van der Waals surface area contributed by atoms with E-state index in [0.717, 1.165) is 0 Å². The smallest absolute Gasteiger partial charge is 0.325 e. The van der Waals surface area contributed by atoms with Gasteiger partial charge in [-0.05, 0) is 26.8 Å². The molecule has 0 heterocycles. The van der Waals surface area contributed by atoms with E-state index in [-0.39, 0.29) is 40.6 Å². The third-order valence-electron chi connectivity index (χ3n) is 2.75. The van der Waals surface area contributed by atoms with Gasteiger partial charge in [-0.15, -0.1) is 0 Å². The van der Waals surface area contributed by atoms with Crippen LogP contribution in [0.3, 0.4) is 0 Å². The summed E-state index contributed by atoms with van der Waals surface area (Å²) in [5.74, 6) is -0.466. The molecule has 1 aromatic carbocycles. The van der Waals surface area contributed by atoms with E-state index < -0.39 is 10.9 Å². The molecule has 116 valence electrons. The first-order chi connectivity index (χ1) is 9.77. The number of hydrogen-bond acceptors (Lipinski definition) is 5. The molecule has 0 amide bonds. The van der Waals surface area contributed by atoms with Crippen LogP contribution in [-0.4, -0.2) is 30.1 Å². The van der Waals surface area contributed by atoms with E-state index in [4.69, 9.17) is 27.9 Å². The van der Waals surface area contributed by atoms with Crippen LogP contribution in [0.15, 0.2) is 12.1 Å². The van der Waals surface area contributed by atoms with Gasteiger partial charge in [0.15, 0.2) is 0 Å². The number of rotatable bonds is 6. The highest BCUT2D eigenvalue weighted by molar-refractivity contribution is 6.42. The van der Waals surface area contributed by atoms with E-state index in [1.807, 2.05) is 13.8 Å². The molecule has 0 saturated carbocycles. The van der Waals surface area contributed by atoms with Gasteiger partial charge in [0.2, 0.25) is 0 Å². The Morgan fingerprint density at radius 1 is 1.38 bits per heavy atom. The number of nitro groups is 1. The Bertz CT molecular complexity index is 549. The lowest BCUT2D eigenvalue weighted by Gasteiger charge is -2.27. The van der Waals surface area contributed by atoms with Crippen molar-refractivity contribution in [1.29, 1.82) is 0 Å². The summed E-state index contributed by atoms with van der Waals surface area (Å²) in [5, 5.41) is 11.5. The van der Waals surface area contributed by atoms with Crippen molar-refractivity contribution in [1.82, 2.24) is 0 Å². The topological polar surface area (TPSA) is 72.7 Å². The molecular weight excluding hydrogens is 319 g/mol. The average molecular weight is 335 g/mol. The van der Waals surface area contributed by atoms with Gasteiger partial charge >= 0.3 is 5.97 Å². The predicted molar refractivity (Wildman–Crippen MR) is 82.2 cm³/mol. The summed E-state index contributed by atoms with van der Waals surface area (Å²) in [7, 11) is 0. The Hall–Kier alpha value is -1.53. The fourth-order valence-corrected chi connectivity index (χ4v) is 2.11. The zero-order chi connectivity index (χ0) is 16.2. The van der Waals surface area contributed by atoms with Crippen molar-refractivity contribution >= 4 is 40.5 Å². The molecule has 21 heavy (non-hydrogen) atoms. The molecule has 8 heteroatoms. The van der Waals surface area contributed by atoms with Crippen molar-refractivity contribution in [3.05, 3.63) is 32.3 Å². The van der Waals surface area contributed by atoms with Gasteiger partial charge in [-0.25, -0.2) is 0 Å². The number of esters is 1. The fraction of sp³-hybridized carbons (Fsp3) is 0.462. The minimum Gasteiger partial charge on any atom is -0.465 e. The van der Waals surface area contributed by atoms with Crippen LogP contribution in [0, 0.1) is 10.1 Å². The van der Waals surface area contributed by atoms with Crippen molar-refractivity contribution in [2.24, 2.45) is 0 Å². The zero-order valence-electron chi connectivity index (χ0n) is 11.9. The summed E-state index contributed by atoms with van der Waals surface area (Å²) < 4.78 is 4.89. The van der Waals surface area contributed by atoms with Gasteiger partial charge in [-0.2, -0.15) is 0 Å². The first kappa shape index (κ1) is 17.5. The summed E-state index contributed by atoms with van der Waals surface area (Å²) in [6, 6.07) is 2.41. The Morgan fingerprint density at radius 2 is 1.95 bits per heavy atom. The Kier molecular flexibility index (Phi) is 6.23. The Balaban J connectivity index is 3.27. The van der Waals surface area contributed by atoms with Gasteiger partial charge in [0.05, 0.1) is 21.6 Å². The summed E-state index contributed by atoms with van der Waals surface area (Å²) in [6.07, 6.45) is 0. The van der Waals surface area contributed by atoms with E-state index in [9.17, 15) is 14.9 Å². The van der Waals surface area contributed by atoms with Crippen molar-refractivity contribution in [3.8, 4) is 0 Å². The molecule has 0 saturated heterocycles. The first-order valence-corrected chi connectivity index (χ1v) is 7.09. The van der Waals surface area contributed by atoms with Crippen LogP contribution in [-0.2, 0) is 9.53 Å². The number of hydrogen-bond donors (Lipinski definition) is 0. The molecule has 0 aliphatic rings. The second kappa shape index (κ2) is 7.47. The second-order valence-corrected chi connectivity index (χ2v) is 5.35. The molecule has 1 aromatic rings. The second-order valence-electron chi connectivity index (χ2n) is 4.54. The molecule has 0 atom stereocenters.